The minimum absolute atomic E-state index is 0.147. The van der Waals surface area contributed by atoms with Gasteiger partial charge in [-0.25, -0.2) is 9.50 Å². The van der Waals surface area contributed by atoms with Gasteiger partial charge in [-0.15, -0.1) is 4.52 Å². The van der Waals surface area contributed by atoms with Gasteiger partial charge < -0.3 is 25.1 Å². The highest BCUT2D eigenvalue weighted by Gasteiger charge is 2.47. The molecule has 2 aromatic heterocycles. The van der Waals surface area contributed by atoms with Crippen molar-refractivity contribution in [3.8, 4) is 6.26 Å². The molecule has 0 amide bonds. The van der Waals surface area contributed by atoms with Crippen LogP contribution in [0.4, 0.5) is 5.82 Å². The number of nitrogen functional groups attached to an aromatic ring is 1. The number of rotatable bonds is 13. The summed E-state index contributed by atoms with van der Waals surface area (Å²) in [7, 11) is -2.65. The second kappa shape index (κ2) is 12.7. The average molecular weight is 540 g/mol. The van der Waals surface area contributed by atoms with E-state index in [-0.39, 0.29) is 17.6 Å². The first kappa shape index (κ1) is 29.9. The number of ether oxygens (including phenoxy) is 3. The van der Waals surface area contributed by atoms with E-state index in [1.54, 1.807) is 33.8 Å². The minimum atomic E-state index is -2.65. The van der Waals surface area contributed by atoms with E-state index in [1.165, 1.54) is 37.0 Å². The number of hydrogen-bond acceptors (Lipinski definition) is 12. The Hall–Kier alpha value is -3.37. The molecule has 0 saturated carbocycles. The van der Waals surface area contributed by atoms with E-state index in [0.717, 1.165) is 0 Å². The maximum atomic E-state index is 12.6. The quantitative estimate of drug-likeness (QED) is 0.188. The van der Waals surface area contributed by atoms with Gasteiger partial charge in [-0.1, -0.05) is 18.9 Å². The summed E-state index contributed by atoms with van der Waals surface area (Å²) in [5.41, 5.74) is 4.42. The highest BCUT2D eigenvalue weighted by atomic mass is 31.1. The van der Waals surface area contributed by atoms with Gasteiger partial charge >= 0.3 is 20.1 Å². The Bertz CT molecular complexity index is 1160. The van der Waals surface area contributed by atoms with Crippen LogP contribution in [0.1, 0.15) is 47.2 Å². The molecule has 0 aromatic carbocycles. The zero-order valence-electron chi connectivity index (χ0n) is 21.4. The van der Waals surface area contributed by atoms with E-state index in [0.29, 0.717) is 5.52 Å². The third kappa shape index (κ3) is 7.56. The van der Waals surface area contributed by atoms with Crippen LogP contribution in [0, 0.1) is 17.4 Å². The number of fused-ring (bicyclic) bond motifs is 1. The Balaban J connectivity index is 2.33. The third-order valence-electron chi connectivity index (χ3n) is 5.17. The second-order valence-corrected chi connectivity index (χ2v) is 9.99. The smallest absolute Gasteiger partial charge is 0.462 e. The van der Waals surface area contributed by atoms with Gasteiger partial charge in [0.05, 0.1) is 17.7 Å². The fourth-order valence-corrected chi connectivity index (χ4v) is 4.05. The number of nitriles is 1. The normalized spacial score (nSPS) is 15.9. The van der Waals surface area contributed by atoms with E-state index in [4.69, 9.17) is 24.5 Å². The van der Waals surface area contributed by atoms with Crippen LogP contribution in [0.15, 0.2) is 18.5 Å². The van der Waals surface area contributed by atoms with Crippen LogP contribution in [0.5, 0.6) is 0 Å². The van der Waals surface area contributed by atoms with Crippen molar-refractivity contribution in [3.63, 3.8) is 0 Å². The summed E-state index contributed by atoms with van der Waals surface area (Å²) in [4.78, 5) is 28.4. The number of hydrogen-bond donors (Lipinski definition) is 3. The number of carbonyl (C=O) groups excluding carboxylic acids is 2. The van der Waals surface area contributed by atoms with Crippen LogP contribution in [-0.4, -0.2) is 62.6 Å². The first-order valence-electron chi connectivity index (χ1n) is 11.4. The lowest BCUT2D eigenvalue weighted by Gasteiger charge is -2.35. The van der Waals surface area contributed by atoms with Crippen molar-refractivity contribution < 1.29 is 38.0 Å². The summed E-state index contributed by atoms with van der Waals surface area (Å²) in [5.74, 6) is -1.77. The number of esters is 2. The van der Waals surface area contributed by atoms with Crippen LogP contribution in [-0.2, 0) is 38.5 Å². The molecule has 2 heterocycles. The van der Waals surface area contributed by atoms with Crippen molar-refractivity contribution in [2.24, 2.45) is 5.92 Å². The Morgan fingerprint density at radius 3 is 2.51 bits per heavy atom. The van der Waals surface area contributed by atoms with Crippen LogP contribution in [0.25, 0.3) is 5.52 Å². The summed E-state index contributed by atoms with van der Waals surface area (Å²) in [6.07, 6.45) is -0.623. The van der Waals surface area contributed by atoms with E-state index < -0.39 is 56.5 Å². The zero-order chi connectivity index (χ0) is 27.9. The largest absolute Gasteiger partial charge is 0.613 e. The molecule has 202 valence electrons. The Kier molecular flexibility index (Phi) is 10.3. The van der Waals surface area contributed by atoms with Crippen molar-refractivity contribution in [1.29, 1.82) is 5.26 Å². The van der Waals surface area contributed by atoms with Gasteiger partial charge in [-0.2, -0.15) is 10.4 Å². The zero-order valence-corrected chi connectivity index (χ0v) is 22.3. The standard InChI is InChI=1S/C22H32N6O8P/c1-12(2)20(29)36-18(22(6,31)17-8-7-15-19(24)25-11-26-28(15)17)16(33-10-23)9-34-37(32)27-14(5)21(30)35-13(3)4/h7-8,11-14,16,18,31H,9H2,1-6H3,(H,27,32)(H2,24,25,26)/q+1/t14-,16+,18+,22-/m0/s1. The first-order chi connectivity index (χ1) is 17.3. The molecular formula is C22H32N6O8P+. The summed E-state index contributed by atoms with van der Waals surface area (Å²) in [5, 5.41) is 27.4. The SMILES string of the molecule is CC(C)OC(=O)[C@H](C)N[P+](=O)OC[C@@H](OC#N)[C@@H](OC(=O)C(C)C)[C@@](C)(O)c1ccc2c(N)ncnn12. The summed E-state index contributed by atoms with van der Waals surface area (Å²) in [6.45, 7) is 8.73. The maximum Gasteiger partial charge on any atom is 0.613 e. The molecule has 1 unspecified atom stereocenters. The van der Waals surface area contributed by atoms with Gasteiger partial charge in [0.25, 0.3) is 6.26 Å². The van der Waals surface area contributed by atoms with Gasteiger partial charge in [0.15, 0.2) is 18.0 Å². The highest BCUT2D eigenvalue weighted by Crippen LogP contribution is 2.33. The molecule has 0 saturated heterocycles. The predicted molar refractivity (Wildman–Crippen MR) is 130 cm³/mol. The summed E-state index contributed by atoms with van der Waals surface area (Å²) >= 11 is 0. The van der Waals surface area contributed by atoms with Crippen LogP contribution in [0.3, 0.4) is 0 Å². The monoisotopic (exact) mass is 539 g/mol. The number of carbonyl (C=O) groups is 2. The summed E-state index contributed by atoms with van der Waals surface area (Å²) < 4.78 is 34.8. The van der Waals surface area contributed by atoms with Crippen molar-refractivity contribution in [2.75, 3.05) is 12.3 Å². The molecule has 0 bridgehead atoms. The number of aliphatic hydroxyl groups is 1. The second-order valence-electron chi connectivity index (χ2n) is 8.96. The molecular weight excluding hydrogens is 507 g/mol. The minimum Gasteiger partial charge on any atom is -0.462 e. The van der Waals surface area contributed by atoms with E-state index >= 15 is 0 Å². The highest BCUT2D eigenvalue weighted by molar-refractivity contribution is 7.36. The Morgan fingerprint density at radius 2 is 1.92 bits per heavy atom. The predicted octanol–water partition coefficient (Wildman–Crippen LogP) is 1.56. The number of nitrogens with two attached hydrogens (primary N) is 1. The van der Waals surface area contributed by atoms with Crippen molar-refractivity contribution >= 4 is 31.5 Å². The molecule has 0 aliphatic heterocycles. The fourth-order valence-electron chi connectivity index (χ4n) is 3.27. The Morgan fingerprint density at radius 1 is 1.24 bits per heavy atom. The first-order valence-corrected chi connectivity index (χ1v) is 12.6. The Labute approximate surface area is 214 Å². The van der Waals surface area contributed by atoms with Gasteiger partial charge in [0, 0.05) is 0 Å². The molecule has 5 atom stereocenters. The molecule has 4 N–H and O–H groups in total. The van der Waals surface area contributed by atoms with Crippen LogP contribution in [0.2, 0.25) is 0 Å². The molecule has 0 radical (unpaired) electrons. The molecule has 15 heteroatoms. The molecule has 0 fully saturated rings. The number of nitrogens with one attached hydrogen (secondary N) is 1. The molecule has 0 aliphatic carbocycles. The molecule has 2 rings (SSSR count). The number of anilines is 1. The van der Waals surface area contributed by atoms with Crippen LogP contribution >= 0.6 is 8.18 Å². The maximum absolute atomic E-state index is 12.6. The van der Waals surface area contributed by atoms with Gasteiger partial charge in [0.1, 0.15) is 30.1 Å². The van der Waals surface area contributed by atoms with Gasteiger partial charge in [0.2, 0.25) is 0 Å². The third-order valence-corrected chi connectivity index (χ3v) is 6.15. The molecule has 0 spiro atoms. The van der Waals surface area contributed by atoms with Crippen molar-refractivity contribution in [1.82, 2.24) is 19.7 Å². The molecule has 0 aliphatic rings. The average Bonchev–Trinajstić information content (AvgIpc) is 3.26. The van der Waals surface area contributed by atoms with E-state index in [1.807, 2.05) is 0 Å². The number of aromatic nitrogens is 3. The topological polar surface area (TPSA) is 200 Å². The van der Waals surface area contributed by atoms with Crippen LogP contribution < -0.4 is 10.8 Å². The fraction of sp³-hybridized carbons (Fsp3) is 0.591. The van der Waals surface area contributed by atoms with Crippen molar-refractivity contribution in [2.45, 2.75) is 71.5 Å². The van der Waals surface area contributed by atoms with E-state index in [2.05, 4.69) is 15.2 Å². The lowest BCUT2D eigenvalue weighted by Crippen LogP contribution is -2.51. The van der Waals surface area contributed by atoms with Crippen molar-refractivity contribution in [3.05, 3.63) is 24.2 Å². The molecule has 2 aromatic rings. The lowest BCUT2D eigenvalue weighted by atomic mass is 9.91. The molecule has 14 nitrogen and oxygen atoms in total. The lowest BCUT2D eigenvalue weighted by molar-refractivity contribution is -0.186. The van der Waals surface area contributed by atoms with E-state index in [9.17, 15) is 24.5 Å². The number of nitrogens with zero attached hydrogens (tertiary/aromatic N) is 4. The van der Waals surface area contributed by atoms with Gasteiger partial charge in [-0.3, -0.25) is 9.59 Å². The van der Waals surface area contributed by atoms with Gasteiger partial charge in [-0.05, 0) is 44.4 Å². The molecule has 37 heavy (non-hydrogen) atoms. The summed E-state index contributed by atoms with van der Waals surface area (Å²) in [6, 6.07) is 2.11.